The van der Waals surface area contributed by atoms with Crippen molar-refractivity contribution >= 4 is 5.97 Å². The van der Waals surface area contributed by atoms with Crippen LogP contribution in [-0.4, -0.2) is 41.3 Å². The van der Waals surface area contributed by atoms with E-state index in [9.17, 15) is 4.79 Å². The molecule has 4 heteroatoms. The Hall–Kier alpha value is -1.39. The zero-order valence-electron chi connectivity index (χ0n) is 11.7. The van der Waals surface area contributed by atoms with Crippen molar-refractivity contribution < 1.29 is 14.6 Å². The summed E-state index contributed by atoms with van der Waals surface area (Å²) in [6, 6.07) is 8.86. The molecular weight excluding hydrogens is 242 g/mol. The van der Waals surface area contributed by atoms with Crippen LogP contribution in [0.2, 0.25) is 0 Å². The summed E-state index contributed by atoms with van der Waals surface area (Å²) in [4.78, 5) is 12.8. The van der Waals surface area contributed by atoms with Crippen molar-refractivity contribution in [3.63, 3.8) is 0 Å². The maximum absolute atomic E-state index is 10.5. The largest absolute Gasteiger partial charge is 0.480 e. The quantitative estimate of drug-likeness (QED) is 0.885. The Morgan fingerprint density at radius 3 is 2.53 bits per heavy atom. The second-order valence-electron chi connectivity index (χ2n) is 5.62. The highest BCUT2D eigenvalue weighted by atomic mass is 16.5. The van der Waals surface area contributed by atoms with Crippen LogP contribution in [0.1, 0.15) is 31.0 Å². The molecule has 1 atom stereocenters. The zero-order valence-corrected chi connectivity index (χ0v) is 11.7. The van der Waals surface area contributed by atoms with Gasteiger partial charge in [-0.05, 0) is 26.3 Å². The molecule has 0 radical (unpaired) electrons. The average Bonchev–Trinajstić information content (AvgIpc) is 2.33. The summed E-state index contributed by atoms with van der Waals surface area (Å²) in [5.41, 5.74) is 2.22. The maximum atomic E-state index is 10.5. The van der Waals surface area contributed by atoms with Crippen molar-refractivity contribution in [2.24, 2.45) is 0 Å². The van der Waals surface area contributed by atoms with Crippen molar-refractivity contribution in [2.45, 2.75) is 32.4 Å². The molecule has 1 fully saturated rings. The first-order valence-corrected chi connectivity index (χ1v) is 6.56. The van der Waals surface area contributed by atoms with E-state index in [0.717, 1.165) is 13.1 Å². The van der Waals surface area contributed by atoms with Gasteiger partial charge in [-0.2, -0.15) is 0 Å². The van der Waals surface area contributed by atoms with Gasteiger partial charge in [-0.3, -0.25) is 4.90 Å². The lowest BCUT2D eigenvalue weighted by molar-refractivity contribution is -0.169. The van der Waals surface area contributed by atoms with Crippen molar-refractivity contribution in [3.05, 3.63) is 35.4 Å². The van der Waals surface area contributed by atoms with Crippen molar-refractivity contribution in [3.8, 4) is 0 Å². The standard InChI is InChI=1S/C15H21NO3/c1-11-4-6-13(7-5-11)12(2)16-9-15(3,10-16)19-8-14(17)18/h4-7,12H,8-10H2,1-3H3,(H,17,18). The highest BCUT2D eigenvalue weighted by molar-refractivity contribution is 5.68. The molecular formula is C15H21NO3. The van der Waals surface area contributed by atoms with Gasteiger partial charge in [-0.1, -0.05) is 29.8 Å². The van der Waals surface area contributed by atoms with Crippen LogP contribution in [0.15, 0.2) is 24.3 Å². The molecule has 1 heterocycles. The van der Waals surface area contributed by atoms with Gasteiger partial charge in [0.2, 0.25) is 0 Å². The second kappa shape index (κ2) is 5.31. The molecule has 104 valence electrons. The molecule has 1 aliphatic rings. The Bertz CT molecular complexity index is 449. The Morgan fingerprint density at radius 1 is 1.42 bits per heavy atom. The van der Waals surface area contributed by atoms with Crippen LogP contribution in [0.25, 0.3) is 0 Å². The number of carboxylic acid groups (broad SMARTS) is 1. The van der Waals surface area contributed by atoms with Crippen LogP contribution in [0.5, 0.6) is 0 Å². The summed E-state index contributed by atoms with van der Waals surface area (Å²) in [5, 5.41) is 8.64. The summed E-state index contributed by atoms with van der Waals surface area (Å²) in [7, 11) is 0. The van der Waals surface area contributed by atoms with Crippen LogP contribution in [0.3, 0.4) is 0 Å². The Morgan fingerprint density at radius 2 is 2.00 bits per heavy atom. The van der Waals surface area contributed by atoms with Crippen LogP contribution < -0.4 is 0 Å². The van der Waals surface area contributed by atoms with Gasteiger partial charge in [0.1, 0.15) is 6.61 Å². The molecule has 0 saturated carbocycles. The van der Waals surface area contributed by atoms with Gasteiger partial charge in [0.25, 0.3) is 0 Å². The number of hydrogen-bond donors (Lipinski definition) is 1. The lowest BCUT2D eigenvalue weighted by Gasteiger charge is -2.50. The molecule has 1 aromatic rings. The number of carbonyl (C=O) groups is 1. The fourth-order valence-corrected chi connectivity index (χ4v) is 2.47. The molecule has 1 saturated heterocycles. The minimum absolute atomic E-state index is 0.219. The van der Waals surface area contributed by atoms with Crippen molar-refractivity contribution in [1.29, 1.82) is 0 Å². The molecule has 1 unspecified atom stereocenters. The molecule has 19 heavy (non-hydrogen) atoms. The third-order valence-electron chi connectivity index (χ3n) is 3.73. The average molecular weight is 263 g/mol. The fourth-order valence-electron chi connectivity index (χ4n) is 2.47. The first kappa shape index (κ1) is 14.0. The highest BCUT2D eigenvalue weighted by Gasteiger charge is 2.42. The molecule has 1 N–H and O–H groups in total. The smallest absolute Gasteiger partial charge is 0.329 e. The highest BCUT2D eigenvalue weighted by Crippen LogP contribution is 2.33. The summed E-state index contributed by atoms with van der Waals surface area (Å²) < 4.78 is 5.42. The second-order valence-corrected chi connectivity index (χ2v) is 5.62. The van der Waals surface area contributed by atoms with Crippen LogP contribution in [0, 0.1) is 6.92 Å². The molecule has 0 aliphatic carbocycles. The number of ether oxygens (including phenoxy) is 1. The maximum Gasteiger partial charge on any atom is 0.329 e. The normalized spacial score (nSPS) is 19.7. The predicted molar refractivity (Wildman–Crippen MR) is 73.2 cm³/mol. The third kappa shape index (κ3) is 3.33. The van der Waals surface area contributed by atoms with Gasteiger partial charge in [0.15, 0.2) is 0 Å². The van der Waals surface area contributed by atoms with Gasteiger partial charge in [-0.25, -0.2) is 4.79 Å². The molecule has 1 aliphatic heterocycles. The summed E-state index contributed by atoms with van der Waals surface area (Å²) in [6.07, 6.45) is 0. The van der Waals surface area contributed by atoms with Crippen molar-refractivity contribution in [1.82, 2.24) is 4.90 Å². The number of likely N-dealkylation sites (tertiary alicyclic amines) is 1. The SMILES string of the molecule is Cc1ccc(C(C)N2CC(C)(OCC(=O)O)C2)cc1. The number of aliphatic carboxylic acids is 1. The van der Waals surface area contributed by atoms with E-state index >= 15 is 0 Å². The number of rotatable bonds is 5. The molecule has 4 nitrogen and oxygen atoms in total. The molecule has 0 amide bonds. The minimum atomic E-state index is -0.911. The first-order chi connectivity index (χ1) is 8.89. The van der Waals surface area contributed by atoms with Crippen LogP contribution in [-0.2, 0) is 9.53 Å². The summed E-state index contributed by atoms with van der Waals surface area (Å²) >= 11 is 0. The van der Waals surface area contributed by atoms with E-state index in [1.54, 1.807) is 0 Å². The fraction of sp³-hybridized carbons (Fsp3) is 0.533. The monoisotopic (exact) mass is 263 g/mol. The van der Waals surface area contributed by atoms with Gasteiger partial charge < -0.3 is 9.84 Å². The molecule has 0 bridgehead atoms. The van der Waals surface area contributed by atoms with Gasteiger partial charge in [-0.15, -0.1) is 0 Å². The zero-order chi connectivity index (χ0) is 14.0. The van der Waals surface area contributed by atoms with E-state index in [4.69, 9.17) is 9.84 Å². The Kier molecular flexibility index (Phi) is 3.92. The molecule has 1 aromatic carbocycles. The molecule has 0 aromatic heterocycles. The van der Waals surface area contributed by atoms with Gasteiger partial charge in [0.05, 0.1) is 5.60 Å². The first-order valence-electron chi connectivity index (χ1n) is 6.56. The van der Waals surface area contributed by atoms with E-state index in [2.05, 4.69) is 43.0 Å². The number of aryl methyl sites for hydroxylation is 1. The van der Waals surface area contributed by atoms with Crippen molar-refractivity contribution in [2.75, 3.05) is 19.7 Å². The van der Waals surface area contributed by atoms with E-state index in [1.165, 1.54) is 11.1 Å². The predicted octanol–water partition coefficient (Wildman–Crippen LogP) is 2.23. The lowest BCUT2D eigenvalue weighted by Crippen LogP contribution is -2.62. The number of hydrogen-bond acceptors (Lipinski definition) is 3. The lowest BCUT2D eigenvalue weighted by atomic mass is 9.92. The Labute approximate surface area is 114 Å². The van der Waals surface area contributed by atoms with E-state index in [1.807, 2.05) is 6.92 Å². The van der Waals surface area contributed by atoms with E-state index in [-0.39, 0.29) is 12.2 Å². The van der Waals surface area contributed by atoms with E-state index < -0.39 is 5.97 Å². The van der Waals surface area contributed by atoms with Crippen LogP contribution >= 0.6 is 0 Å². The third-order valence-corrected chi connectivity index (χ3v) is 3.73. The Balaban J connectivity index is 1.89. The minimum Gasteiger partial charge on any atom is -0.480 e. The summed E-state index contributed by atoms with van der Waals surface area (Å²) in [5.74, 6) is -0.911. The summed E-state index contributed by atoms with van der Waals surface area (Å²) in [6.45, 7) is 7.54. The van der Waals surface area contributed by atoms with E-state index in [0.29, 0.717) is 6.04 Å². The number of benzene rings is 1. The topological polar surface area (TPSA) is 49.8 Å². The van der Waals surface area contributed by atoms with Gasteiger partial charge >= 0.3 is 5.97 Å². The van der Waals surface area contributed by atoms with Crippen LogP contribution in [0.4, 0.5) is 0 Å². The molecule has 0 spiro atoms. The van der Waals surface area contributed by atoms with Gasteiger partial charge in [0, 0.05) is 19.1 Å². The molecule has 2 rings (SSSR count). The number of nitrogens with zero attached hydrogens (tertiary/aromatic N) is 1. The number of carboxylic acids is 1.